The summed E-state index contributed by atoms with van der Waals surface area (Å²) in [5.41, 5.74) is 6.44. The van der Waals surface area contributed by atoms with Gasteiger partial charge < -0.3 is 10.5 Å². The van der Waals surface area contributed by atoms with E-state index < -0.39 is 11.9 Å². The van der Waals surface area contributed by atoms with E-state index >= 15 is 0 Å². The average molecular weight is 311 g/mol. The van der Waals surface area contributed by atoms with Crippen LogP contribution in [0.1, 0.15) is 15.4 Å². The van der Waals surface area contributed by atoms with Crippen molar-refractivity contribution in [3.8, 4) is 10.6 Å². The number of carbonyl (C=O) groups is 2. The lowest BCUT2D eigenvalue weighted by Crippen LogP contribution is -2.14. The van der Waals surface area contributed by atoms with Gasteiger partial charge in [-0.15, -0.1) is 11.3 Å². The van der Waals surface area contributed by atoms with Crippen LogP contribution in [0.25, 0.3) is 10.6 Å². The van der Waals surface area contributed by atoms with Crippen LogP contribution in [0.3, 0.4) is 0 Å². The van der Waals surface area contributed by atoms with Gasteiger partial charge in [-0.2, -0.15) is 0 Å². The number of methoxy groups -OCH3 is 1. The van der Waals surface area contributed by atoms with Gasteiger partial charge >= 0.3 is 5.97 Å². The van der Waals surface area contributed by atoms with E-state index in [4.69, 9.17) is 17.3 Å². The summed E-state index contributed by atoms with van der Waals surface area (Å²) in [4.78, 5) is 27.3. The minimum atomic E-state index is -0.610. The summed E-state index contributed by atoms with van der Waals surface area (Å²) in [6.07, 6.45) is -0.0845. The average Bonchev–Trinajstić information content (AvgIpc) is 2.83. The third kappa shape index (κ3) is 3.15. The van der Waals surface area contributed by atoms with Gasteiger partial charge in [0.15, 0.2) is 0 Å². The van der Waals surface area contributed by atoms with Gasteiger partial charge in [0, 0.05) is 10.6 Å². The highest BCUT2D eigenvalue weighted by Gasteiger charge is 2.19. The van der Waals surface area contributed by atoms with E-state index in [1.165, 1.54) is 7.11 Å². The highest BCUT2D eigenvalue weighted by molar-refractivity contribution is 7.17. The number of esters is 1. The lowest BCUT2D eigenvalue weighted by molar-refractivity contribution is -0.139. The number of hydrogen-bond acceptors (Lipinski definition) is 5. The molecule has 0 unspecified atom stereocenters. The van der Waals surface area contributed by atoms with Crippen molar-refractivity contribution in [3.63, 3.8) is 0 Å². The maximum absolute atomic E-state index is 11.4. The fraction of sp³-hybridized carbons (Fsp3) is 0.154. The number of halogens is 1. The van der Waals surface area contributed by atoms with Gasteiger partial charge in [-0.3, -0.25) is 9.59 Å². The SMILES string of the molecule is COC(=O)Cc1nc(-c2ccc(Cl)cc2)sc1C(N)=O. The number of hydrogen-bond donors (Lipinski definition) is 1. The van der Waals surface area contributed by atoms with E-state index in [9.17, 15) is 9.59 Å². The van der Waals surface area contributed by atoms with Crippen LogP contribution < -0.4 is 5.73 Å². The van der Waals surface area contributed by atoms with Crippen LogP contribution in [-0.2, 0) is 16.0 Å². The summed E-state index contributed by atoms with van der Waals surface area (Å²) in [5, 5.41) is 1.21. The first-order valence-corrected chi connectivity index (χ1v) is 6.83. The fourth-order valence-corrected chi connectivity index (χ4v) is 2.65. The first-order valence-electron chi connectivity index (χ1n) is 5.63. The van der Waals surface area contributed by atoms with Crippen molar-refractivity contribution < 1.29 is 14.3 Å². The van der Waals surface area contributed by atoms with E-state index in [2.05, 4.69) is 9.72 Å². The summed E-state index contributed by atoms with van der Waals surface area (Å²) in [5.74, 6) is -1.08. The Morgan fingerprint density at radius 1 is 1.35 bits per heavy atom. The lowest BCUT2D eigenvalue weighted by Gasteiger charge is -1.97. The smallest absolute Gasteiger partial charge is 0.311 e. The zero-order valence-corrected chi connectivity index (χ0v) is 12.1. The molecule has 0 saturated heterocycles. The second-order valence-corrected chi connectivity index (χ2v) is 5.35. The molecule has 0 radical (unpaired) electrons. The molecule has 1 aromatic heterocycles. The molecule has 7 heteroatoms. The number of ether oxygens (including phenoxy) is 1. The van der Waals surface area contributed by atoms with Gasteiger partial charge in [-0.25, -0.2) is 4.98 Å². The van der Waals surface area contributed by atoms with E-state index in [0.717, 1.165) is 16.9 Å². The summed E-state index contributed by atoms with van der Waals surface area (Å²) in [7, 11) is 1.28. The molecule has 0 aliphatic heterocycles. The van der Waals surface area contributed by atoms with Gasteiger partial charge in [-0.05, 0) is 12.1 Å². The molecule has 0 spiro atoms. The minimum Gasteiger partial charge on any atom is -0.469 e. The van der Waals surface area contributed by atoms with Crippen LogP contribution in [0, 0.1) is 0 Å². The molecule has 2 N–H and O–H groups in total. The number of nitrogens with two attached hydrogens (primary N) is 1. The Hall–Kier alpha value is -1.92. The summed E-state index contributed by atoms with van der Waals surface area (Å²) in [6.45, 7) is 0. The number of rotatable bonds is 4. The number of carbonyl (C=O) groups excluding carboxylic acids is 2. The van der Waals surface area contributed by atoms with Crippen molar-refractivity contribution in [1.29, 1.82) is 0 Å². The van der Waals surface area contributed by atoms with Crippen molar-refractivity contribution in [2.24, 2.45) is 5.73 Å². The Morgan fingerprint density at radius 3 is 2.55 bits per heavy atom. The van der Waals surface area contributed by atoms with E-state index in [1.54, 1.807) is 24.3 Å². The molecule has 0 aliphatic rings. The van der Waals surface area contributed by atoms with Crippen LogP contribution >= 0.6 is 22.9 Å². The monoisotopic (exact) mass is 310 g/mol. The molecular formula is C13H11ClN2O3S. The van der Waals surface area contributed by atoms with Crippen LogP contribution in [0.15, 0.2) is 24.3 Å². The maximum atomic E-state index is 11.4. The van der Waals surface area contributed by atoms with E-state index in [1.807, 2.05) is 0 Å². The van der Waals surface area contributed by atoms with Crippen molar-refractivity contribution in [3.05, 3.63) is 39.9 Å². The Kier molecular flexibility index (Phi) is 4.36. The predicted molar refractivity (Wildman–Crippen MR) is 76.8 cm³/mol. The van der Waals surface area contributed by atoms with Gasteiger partial charge in [0.1, 0.15) is 9.88 Å². The second-order valence-electron chi connectivity index (χ2n) is 3.92. The Morgan fingerprint density at radius 2 is 2.00 bits per heavy atom. The molecule has 0 atom stereocenters. The standard InChI is InChI=1S/C13H11ClN2O3S/c1-19-10(17)6-9-11(12(15)18)20-13(16-9)7-2-4-8(14)5-3-7/h2-5H,6H2,1H3,(H2,15,18). The number of primary amides is 1. The molecule has 20 heavy (non-hydrogen) atoms. The van der Waals surface area contributed by atoms with Gasteiger partial charge in [0.2, 0.25) is 0 Å². The predicted octanol–water partition coefficient (Wildman–Crippen LogP) is 2.28. The maximum Gasteiger partial charge on any atom is 0.311 e. The Labute approximate surface area is 124 Å². The molecule has 0 saturated carbocycles. The molecule has 0 aliphatic carbocycles. The molecule has 1 aromatic carbocycles. The number of nitrogens with zero attached hydrogens (tertiary/aromatic N) is 1. The highest BCUT2D eigenvalue weighted by atomic mass is 35.5. The van der Waals surface area contributed by atoms with Crippen LogP contribution in [-0.4, -0.2) is 24.0 Å². The Bertz CT molecular complexity index is 652. The number of aromatic nitrogens is 1. The number of amides is 1. The molecule has 1 heterocycles. The van der Waals surface area contributed by atoms with Crippen LogP contribution in [0.5, 0.6) is 0 Å². The fourth-order valence-electron chi connectivity index (χ4n) is 1.59. The highest BCUT2D eigenvalue weighted by Crippen LogP contribution is 2.29. The first kappa shape index (κ1) is 14.5. The molecule has 104 valence electrons. The first-order chi connectivity index (χ1) is 9.51. The molecular weight excluding hydrogens is 300 g/mol. The van der Waals surface area contributed by atoms with E-state index in [-0.39, 0.29) is 11.3 Å². The second kappa shape index (κ2) is 6.02. The zero-order valence-electron chi connectivity index (χ0n) is 10.6. The van der Waals surface area contributed by atoms with Gasteiger partial charge in [0.05, 0.1) is 19.2 Å². The molecule has 0 fully saturated rings. The largest absolute Gasteiger partial charge is 0.469 e. The summed E-state index contributed by atoms with van der Waals surface area (Å²) < 4.78 is 4.58. The molecule has 2 rings (SSSR count). The third-order valence-electron chi connectivity index (χ3n) is 2.55. The third-order valence-corrected chi connectivity index (χ3v) is 3.97. The van der Waals surface area contributed by atoms with Crippen molar-refractivity contribution in [2.45, 2.75) is 6.42 Å². The Balaban J connectivity index is 2.40. The molecule has 1 amide bonds. The topological polar surface area (TPSA) is 82.3 Å². The molecule has 5 nitrogen and oxygen atoms in total. The lowest BCUT2D eigenvalue weighted by atomic mass is 10.2. The van der Waals surface area contributed by atoms with Crippen molar-refractivity contribution >= 4 is 34.8 Å². The number of thiazole rings is 1. The molecule has 2 aromatic rings. The van der Waals surface area contributed by atoms with Crippen molar-refractivity contribution in [1.82, 2.24) is 4.98 Å². The number of benzene rings is 1. The van der Waals surface area contributed by atoms with Crippen LogP contribution in [0.2, 0.25) is 5.02 Å². The van der Waals surface area contributed by atoms with Crippen molar-refractivity contribution in [2.75, 3.05) is 7.11 Å². The summed E-state index contributed by atoms with van der Waals surface area (Å²) >= 11 is 6.96. The van der Waals surface area contributed by atoms with Gasteiger partial charge in [-0.1, -0.05) is 23.7 Å². The zero-order chi connectivity index (χ0) is 14.7. The van der Waals surface area contributed by atoms with E-state index in [0.29, 0.717) is 15.7 Å². The quantitative estimate of drug-likeness (QED) is 0.878. The van der Waals surface area contributed by atoms with Crippen LogP contribution in [0.4, 0.5) is 0 Å². The summed E-state index contributed by atoms with van der Waals surface area (Å²) in [6, 6.07) is 7.02. The normalized spacial score (nSPS) is 10.3. The van der Waals surface area contributed by atoms with Gasteiger partial charge in [0.25, 0.3) is 5.91 Å². The minimum absolute atomic E-state index is 0.0845. The molecule has 0 bridgehead atoms.